The van der Waals surface area contributed by atoms with Crippen LogP contribution in [0.4, 0.5) is 11.4 Å². The van der Waals surface area contributed by atoms with Crippen molar-refractivity contribution in [2.24, 2.45) is 0 Å². The summed E-state index contributed by atoms with van der Waals surface area (Å²) in [4.78, 5) is 26.4. The van der Waals surface area contributed by atoms with Crippen molar-refractivity contribution in [2.75, 3.05) is 17.7 Å². The maximum Gasteiger partial charge on any atom is 0.255 e. The molecule has 5 nitrogen and oxygen atoms in total. The number of thioether (sulfide) groups is 1. The summed E-state index contributed by atoms with van der Waals surface area (Å²) in [5, 5.41) is 5.72. The summed E-state index contributed by atoms with van der Waals surface area (Å²) < 4.78 is 5.19. The van der Waals surface area contributed by atoms with Crippen LogP contribution in [0, 0.1) is 13.8 Å². The Morgan fingerprint density at radius 2 is 1.72 bits per heavy atom. The fourth-order valence-electron chi connectivity index (χ4n) is 3.20. The summed E-state index contributed by atoms with van der Waals surface area (Å²) in [6.45, 7) is 6.03. The van der Waals surface area contributed by atoms with Crippen LogP contribution in [0.5, 0.6) is 5.75 Å². The van der Waals surface area contributed by atoms with Gasteiger partial charge in [-0.1, -0.05) is 31.2 Å². The number of anilines is 2. The highest BCUT2D eigenvalue weighted by atomic mass is 32.2. The smallest absolute Gasteiger partial charge is 0.255 e. The summed E-state index contributed by atoms with van der Waals surface area (Å²) in [7, 11) is 1.57. The number of aryl methyl sites for hydroxylation is 1. The van der Waals surface area contributed by atoms with Crippen LogP contribution >= 0.6 is 11.8 Å². The van der Waals surface area contributed by atoms with Gasteiger partial charge in [-0.05, 0) is 73.9 Å². The molecule has 0 spiro atoms. The first kappa shape index (κ1) is 23.4. The second kappa shape index (κ2) is 10.9. The average Bonchev–Trinajstić information content (AvgIpc) is 2.80. The SMILES string of the molecule is CCC(Sc1cccc(NC(=O)c2cccc(OC)c2)c1)C(=O)Nc1cccc(C)c1C. The van der Waals surface area contributed by atoms with Crippen LogP contribution in [-0.4, -0.2) is 24.2 Å². The first-order valence-corrected chi connectivity index (χ1v) is 11.4. The van der Waals surface area contributed by atoms with Crippen molar-refractivity contribution in [1.29, 1.82) is 0 Å². The van der Waals surface area contributed by atoms with Gasteiger partial charge < -0.3 is 15.4 Å². The first-order chi connectivity index (χ1) is 15.4. The van der Waals surface area contributed by atoms with Crippen molar-refractivity contribution in [1.82, 2.24) is 0 Å². The van der Waals surface area contributed by atoms with Crippen molar-refractivity contribution >= 4 is 35.0 Å². The van der Waals surface area contributed by atoms with E-state index in [1.165, 1.54) is 11.8 Å². The Balaban J connectivity index is 1.68. The number of nitrogens with one attached hydrogen (secondary N) is 2. The predicted octanol–water partition coefficient (Wildman–Crippen LogP) is 6.07. The molecule has 3 aromatic carbocycles. The highest BCUT2D eigenvalue weighted by Gasteiger charge is 2.19. The molecule has 0 heterocycles. The molecule has 0 fully saturated rings. The number of amides is 2. The molecule has 0 bridgehead atoms. The minimum Gasteiger partial charge on any atom is -0.497 e. The summed E-state index contributed by atoms with van der Waals surface area (Å²) in [5.74, 6) is 0.380. The Morgan fingerprint density at radius 1 is 0.969 bits per heavy atom. The highest BCUT2D eigenvalue weighted by molar-refractivity contribution is 8.00. The van der Waals surface area contributed by atoms with E-state index in [4.69, 9.17) is 4.74 Å². The molecule has 0 saturated heterocycles. The maximum absolute atomic E-state index is 12.9. The first-order valence-electron chi connectivity index (χ1n) is 10.5. The molecular weight excluding hydrogens is 420 g/mol. The number of benzene rings is 3. The van der Waals surface area contributed by atoms with Gasteiger partial charge in [0.25, 0.3) is 5.91 Å². The molecule has 0 aliphatic rings. The van der Waals surface area contributed by atoms with Crippen LogP contribution < -0.4 is 15.4 Å². The monoisotopic (exact) mass is 448 g/mol. The summed E-state index contributed by atoms with van der Waals surface area (Å²) in [6.07, 6.45) is 0.682. The Labute approximate surface area is 193 Å². The van der Waals surface area contributed by atoms with Crippen LogP contribution in [0.2, 0.25) is 0 Å². The molecule has 6 heteroatoms. The third-order valence-corrected chi connectivity index (χ3v) is 6.59. The van der Waals surface area contributed by atoms with E-state index in [2.05, 4.69) is 10.6 Å². The molecule has 0 aliphatic carbocycles. The average molecular weight is 449 g/mol. The Bertz CT molecular complexity index is 1110. The fourth-order valence-corrected chi connectivity index (χ4v) is 4.21. The van der Waals surface area contributed by atoms with E-state index < -0.39 is 0 Å². The zero-order valence-corrected chi connectivity index (χ0v) is 19.6. The molecule has 166 valence electrons. The fraction of sp³-hybridized carbons (Fsp3) is 0.231. The topological polar surface area (TPSA) is 67.4 Å². The summed E-state index contributed by atoms with van der Waals surface area (Å²) in [6, 6.07) is 20.4. The number of rotatable bonds is 8. The lowest BCUT2D eigenvalue weighted by molar-refractivity contribution is -0.115. The number of hydrogen-bond donors (Lipinski definition) is 2. The van der Waals surface area contributed by atoms with Gasteiger partial charge in [0.1, 0.15) is 5.75 Å². The van der Waals surface area contributed by atoms with Crippen LogP contribution in [0.15, 0.2) is 71.6 Å². The van der Waals surface area contributed by atoms with E-state index in [-0.39, 0.29) is 17.1 Å². The van der Waals surface area contributed by atoms with Crippen molar-refractivity contribution < 1.29 is 14.3 Å². The molecule has 2 amide bonds. The van der Waals surface area contributed by atoms with Gasteiger partial charge in [0.05, 0.1) is 12.4 Å². The van der Waals surface area contributed by atoms with E-state index in [1.54, 1.807) is 31.4 Å². The molecule has 0 saturated carbocycles. The molecule has 3 rings (SSSR count). The molecule has 1 atom stereocenters. The summed E-state index contributed by atoms with van der Waals surface area (Å²) in [5.41, 5.74) is 4.24. The Kier molecular flexibility index (Phi) is 7.95. The van der Waals surface area contributed by atoms with Crippen molar-refractivity contribution in [3.8, 4) is 5.75 Å². The van der Waals surface area contributed by atoms with Gasteiger partial charge in [-0.25, -0.2) is 0 Å². The second-order valence-electron chi connectivity index (χ2n) is 7.47. The largest absolute Gasteiger partial charge is 0.497 e. The highest BCUT2D eigenvalue weighted by Crippen LogP contribution is 2.29. The third-order valence-electron chi connectivity index (χ3n) is 5.23. The van der Waals surface area contributed by atoms with Crippen molar-refractivity contribution in [3.63, 3.8) is 0 Å². The quantitative estimate of drug-likeness (QED) is 0.410. The number of ether oxygens (including phenoxy) is 1. The molecule has 2 N–H and O–H groups in total. The zero-order chi connectivity index (χ0) is 23.1. The van der Waals surface area contributed by atoms with E-state index >= 15 is 0 Å². The minimum absolute atomic E-state index is 0.0305. The standard InChI is InChI=1S/C26H28N2O3S/c1-5-24(26(30)28-23-14-6-9-17(2)18(23)3)32-22-13-8-11-20(16-22)27-25(29)19-10-7-12-21(15-19)31-4/h6-16,24H,5H2,1-4H3,(H,27,29)(H,28,30). The summed E-state index contributed by atoms with van der Waals surface area (Å²) >= 11 is 1.49. The van der Waals surface area contributed by atoms with Crippen LogP contribution in [0.3, 0.4) is 0 Å². The minimum atomic E-state index is -0.251. The molecule has 0 aliphatic heterocycles. The molecule has 1 unspecified atom stereocenters. The van der Waals surface area contributed by atoms with Crippen LogP contribution in [0.1, 0.15) is 34.8 Å². The Morgan fingerprint density at radius 3 is 2.47 bits per heavy atom. The van der Waals surface area contributed by atoms with Crippen LogP contribution in [0.25, 0.3) is 0 Å². The van der Waals surface area contributed by atoms with Gasteiger partial charge >= 0.3 is 0 Å². The van der Waals surface area contributed by atoms with Gasteiger partial charge in [-0.2, -0.15) is 0 Å². The predicted molar refractivity (Wildman–Crippen MR) is 132 cm³/mol. The second-order valence-corrected chi connectivity index (χ2v) is 8.74. The lowest BCUT2D eigenvalue weighted by Gasteiger charge is -2.17. The van der Waals surface area contributed by atoms with E-state index in [0.717, 1.165) is 21.7 Å². The number of hydrogen-bond acceptors (Lipinski definition) is 4. The van der Waals surface area contributed by atoms with Gasteiger partial charge in [-0.3, -0.25) is 9.59 Å². The van der Waals surface area contributed by atoms with Gasteiger partial charge in [-0.15, -0.1) is 11.8 Å². The lowest BCUT2D eigenvalue weighted by Crippen LogP contribution is -2.25. The number of methoxy groups -OCH3 is 1. The molecule has 3 aromatic rings. The molecule has 0 aromatic heterocycles. The van der Waals surface area contributed by atoms with E-state index in [9.17, 15) is 9.59 Å². The Hall–Kier alpha value is -3.25. The van der Waals surface area contributed by atoms with E-state index in [1.807, 2.05) is 63.2 Å². The lowest BCUT2D eigenvalue weighted by atomic mass is 10.1. The van der Waals surface area contributed by atoms with Gasteiger partial charge in [0, 0.05) is 21.8 Å². The zero-order valence-electron chi connectivity index (χ0n) is 18.8. The molecular formula is C26H28N2O3S. The molecule has 32 heavy (non-hydrogen) atoms. The van der Waals surface area contributed by atoms with Crippen LogP contribution in [-0.2, 0) is 4.79 Å². The molecule has 0 radical (unpaired) electrons. The van der Waals surface area contributed by atoms with E-state index in [0.29, 0.717) is 23.4 Å². The third kappa shape index (κ3) is 5.92. The van der Waals surface area contributed by atoms with Crippen molar-refractivity contribution in [3.05, 3.63) is 83.4 Å². The van der Waals surface area contributed by atoms with Crippen molar-refractivity contribution in [2.45, 2.75) is 37.3 Å². The maximum atomic E-state index is 12.9. The van der Waals surface area contributed by atoms with Gasteiger partial charge in [0.2, 0.25) is 5.91 Å². The number of carbonyl (C=O) groups is 2. The normalized spacial score (nSPS) is 11.5. The number of carbonyl (C=O) groups excluding carboxylic acids is 2. The van der Waals surface area contributed by atoms with Gasteiger partial charge in [0.15, 0.2) is 0 Å².